The number of alkyl halides is 1. The van der Waals surface area contributed by atoms with Gasteiger partial charge in [-0.2, -0.15) is 0 Å². The van der Waals surface area contributed by atoms with Crippen LogP contribution in [0.15, 0.2) is 0 Å². The molecule has 21 heavy (non-hydrogen) atoms. The predicted octanol–water partition coefficient (Wildman–Crippen LogP) is 0.965. The monoisotopic (exact) mass is 322 g/mol. The predicted molar refractivity (Wildman–Crippen MR) is 70.5 cm³/mol. The standard InChI is InChI=1S/C13H19ClO7/c1-6(15)17-8(5-14)9-10(18-7(2)16)11-12(19-9)21-13(3,4)20-11/h8-12H,5H2,1-4H3/t8-,9-,10+,11-,12-/m1/s1. The van der Waals surface area contributed by atoms with Crippen LogP contribution in [0.3, 0.4) is 0 Å². The largest absolute Gasteiger partial charge is 0.458 e. The molecule has 0 unspecified atom stereocenters. The van der Waals surface area contributed by atoms with Crippen LogP contribution in [0.4, 0.5) is 0 Å². The van der Waals surface area contributed by atoms with Gasteiger partial charge in [-0.1, -0.05) is 0 Å². The van der Waals surface area contributed by atoms with Gasteiger partial charge in [-0.15, -0.1) is 11.6 Å². The summed E-state index contributed by atoms with van der Waals surface area (Å²) in [5.41, 5.74) is 0. The molecule has 0 aromatic rings. The number of hydrogen-bond acceptors (Lipinski definition) is 7. The van der Waals surface area contributed by atoms with Crippen LogP contribution in [-0.2, 0) is 33.3 Å². The SMILES string of the molecule is CC(=O)O[C@@H]1[C@H]2OC(C)(C)O[C@H]2O[C@@H]1[C@@H](CCl)OC(C)=O. The van der Waals surface area contributed by atoms with Crippen molar-refractivity contribution in [2.45, 2.75) is 64.2 Å². The molecule has 2 aliphatic rings. The molecule has 0 aliphatic carbocycles. The first-order valence-electron chi connectivity index (χ1n) is 6.65. The summed E-state index contributed by atoms with van der Waals surface area (Å²) >= 11 is 5.83. The van der Waals surface area contributed by atoms with Gasteiger partial charge >= 0.3 is 11.9 Å². The van der Waals surface area contributed by atoms with Crippen molar-refractivity contribution in [3.8, 4) is 0 Å². The van der Waals surface area contributed by atoms with Crippen molar-refractivity contribution in [1.29, 1.82) is 0 Å². The Bertz CT molecular complexity index is 425. The number of esters is 2. The lowest BCUT2D eigenvalue weighted by atomic mass is 10.1. The van der Waals surface area contributed by atoms with E-state index in [-0.39, 0.29) is 5.88 Å². The third kappa shape index (κ3) is 3.66. The van der Waals surface area contributed by atoms with Crippen LogP contribution < -0.4 is 0 Å². The quantitative estimate of drug-likeness (QED) is 0.563. The van der Waals surface area contributed by atoms with Gasteiger partial charge in [-0.25, -0.2) is 0 Å². The van der Waals surface area contributed by atoms with Crippen LogP contribution in [-0.4, -0.2) is 54.3 Å². The highest BCUT2D eigenvalue weighted by atomic mass is 35.5. The summed E-state index contributed by atoms with van der Waals surface area (Å²) in [6.07, 6.45) is -3.53. The highest BCUT2D eigenvalue weighted by molar-refractivity contribution is 6.18. The molecule has 0 aromatic heterocycles. The highest BCUT2D eigenvalue weighted by Crippen LogP contribution is 2.40. The average molecular weight is 323 g/mol. The maximum Gasteiger partial charge on any atom is 0.303 e. The Hall–Kier alpha value is -0.890. The van der Waals surface area contributed by atoms with Crippen LogP contribution >= 0.6 is 11.6 Å². The summed E-state index contributed by atoms with van der Waals surface area (Å²) < 4.78 is 27.4. The van der Waals surface area contributed by atoms with E-state index in [9.17, 15) is 9.59 Å². The lowest BCUT2D eigenvalue weighted by Crippen LogP contribution is -2.45. The second-order valence-corrected chi connectivity index (χ2v) is 5.75. The third-order valence-electron chi connectivity index (χ3n) is 3.16. The van der Waals surface area contributed by atoms with Crippen molar-refractivity contribution in [2.75, 3.05) is 5.88 Å². The average Bonchev–Trinajstić information content (AvgIpc) is 2.79. The first-order chi connectivity index (χ1) is 9.73. The third-order valence-corrected chi connectivity index (χ3v) is 3.47. The Morgan fingerprint density at radius 1 is 1.24 bits per heavy atom. The van der Waals surface area contributed by atoms with Gasteiger partial charge in [0.05, 0.1) is 5.88 Å². The van der Waals surface area contributed by atoms with Crippen LogP contribution in [0.2, 0.25) is 0 Å². The maximum atomic E-state index is 11.3. The van der Waals surface area contributed by atoms with E-state index in [0.29, 0.717) is 0 Å². The van der Waals surface area contributed by atoms with E-state index in [1.807, 2.05) is 0 Å². The molecule has 2 fully saturated rings. The molecule has 0 bridgehead atoms. The maximum absolute atomic E-state index is 11.3. The fourth-order valence-electron chi connectivity index (χ4n) is 2.53. The Morgan fingerprint density at radius 3 is 2.43 bits per heavy atom. The summed E-state index contributed by atoms with van der Waals surface area (Å²) in [6.45, 7) is 6.03. The molecule has 0 amide bonds. The highest BCUT2D eigenvalue weighted by Gasteiger charge is 2.58. The van der Waals surface area contributed by atoms with Crippen molar-refractivity contribution in [3.63, 3.8) is 0 Å². The van der Waals surface area contributed by atoms with E-state index in [0.717, 1.165) is 0 Å². The zero-order chi connectivity index (χ0) is 15.8. The summed E-state index contributed by atoms with van der Waals surface area (Å²) in [7, 11) is 0. The summed E-state index contributed by atoms with van der Waals surface area (Å²) in [5.74, 6) is -1.81. The second-order valence-electron chi connectivity index (χ2n) is 5.45. The summed E-state index contributed by atoms with van der Waals surface area (Å²) in [5, 5.41) is 0. The Morgan fingerprint density at radius 2 is 1.90 bits per heavy atom. The van der Waals surface area contributed by atoms with Gasteiger partial charge in [0.1, 0.15) is 12.2 Å². The molecule has 8 heteroatoms. The lowest BCUT2D eigenvalue weighted by Gasteiger charge is -2.29. The number of rotatable bonds is 4. The first-order valence-corrected chi connectivity index (χ1v) is 7.18. The molecule has 5 atom stereocenters. The number of fused-ring (bicyclic) bond motifs is 1. The van der Waals surface area contributed by atoms with Gasteiger partial charge in [-0.3, -0.25) is 9.59 Å². The number of ether oxygens (including phenoxy) is 5. The molecule has 0 saturated carbocycles. The lowest BCUT2D eigenvalue weighted by molar-refractivity contribution is -0.230. The van der Waals surface area contributed by atoms with E-state index in [1.54, 1.807) is 13.8 Å². The molecule has 120 valence electrons. The van der Waals surface area contributed by atoms with Crippen LogP contribution in [0, 0.1) is 0 Å². The molecular weight excluding hydrogens is 304 g/mol. The van der Waals surface area contributed by atoms with Crippen molar-refractivity contribution in [3.05, 3.63) is 0 Å². The normalized spacial score (nSPS) is 35.1. The molecule has 2 rings (SSSR count). The number of hydrogen-bond donors (Lipinski definition) is 0. The van der Waals surface area contributed by atoms with Crippen molar-refractivity contribution < 1.29 is 33.3 Å². The molecule has 2 saturated heterocycles. The van der Waals surface area contributed by atoms with E-state index in [4.69, 9.17) is 35.3 Å². The fraction of sp³-hybridized carbons (Fsp3) is 0.846. The van der Waals surface area contributed by atoms with Crippen molar-refractivity contribution >= 4 is 23.5 Å². The van der Waals surface area contributed by atoms with E-state index >= 15 is 0 Å². The Labute approximate surface area is 127 Å². The van der Waals surface area contributed by atoms with Gasteiger partial charge in [-0.05, 0) is 13.8 Å². The van der Waals surface area contributed by atoms with Crippen LogP contribution in [0.25, 0.3) is 0 Å². The second kappa shape index (κ2) is 6.08. The summed E-state index contributed by atoms with van der Waals surface area (Å²) in [4.78, 5) is 22.5. The first kappa shape index (κ1) is 16.5. The Kier molecular flexibility index (Phi) is 4.77. The molecule has 0 spiro atoms. The molecule has 0 N–H and O–H groups in total. The fourth-order valence-corrected chi connectivity index (χ4v) is 2.77. The molecule has 0 aromatic carbocycles. The zero-order valence-electron chi connectivity index (χ0n) is 12.3. The number of carbonyl (C=O) groups excluding carboxylic acids is 2. The van der Waals surface area contributed by atoms with E-state index in [2.05, 4.69) is 0 Å². The smallest absolute Gasteiger partial charge is 0.303 e. The summed E-state index contributed by atoms with van der Waals surface area (Å²) in [6, 6.07) is 0. The molecule has 2 heterocycles. The minimum atomic E-state index is -0.837. The van der Waals surface area contributed by atoms with Gasteiger partial charge in [0.2, 0.25) is 0 Å². The van der Waals surface area contributed by atoms with Gasteiger partial charge < -0.3 is 23.7 Å². The number of halogens is 1. The van der Waals surface area contributed by atoms with E-state index in [1.165, 1.54) is 13.8 Å². The molecule has 0 radical (unpaired) electrons. The minimum Gasteiger partial charge on any atom is -0.458 e. The Balaban J connectivity index is 2.17. The van der Waals surface area contributed by atoms with Crippen LogP contribution in [0.1, 0.15) is 27.7 Å². The van der Waals surface area contributed by atoms with Crippen LogP contribution in [0.5, 0.6) is 0 Å². The van der Waals surface area contributed by atoms with Crippen molar-refractivity contribution in [1.82, 2.24) is 0 Å². The molecular formula is C13H19ClO7. The van der Waals surface area contributed by atoms with Gasteiger partial charge in [0, 0.05) is 13.8 Å². The van der Waals surface area contributed by atoms with Crippen molar-refractivity contribution in [2.24, 2.45) is 0 Å². The zero-order valence-corrected chi connectivity index (χ0v) is 13.1. The minimum absolute atomic E-state index is 0.00481. The van der Waals surface area contributed by atoms with E-state index < -0.39 is 48.4 Å². The van der Waals surface area contributed by atoms with Gasteiger partial charge in [0.25, 0.3) is 0 Å². The molecule has 2 aliphatic heterocycles. The topological polar surface area (TPSA) is 80.3 Å². The molecule has 7 nitrogen and oxygen atoms in total. The number of carbonyl (C=O) groups is 2. The van der Waals surface area contributed by atoms with Gasteiger partial charge in [0.15, 0.2) is 24.3 Å².